The van der Waals surface area contributed by atoms with Crippen LogP contribution in [0.15, 0.2) is 52.4 Å². The maximum Gasteiger partial charge on any atom is 0.352 e. The molecule has 0 radical (unpaired) electrons. The third-order valence-corrected chi connectivity index (χ3v) is 7.56. The van der Waals surface area contributed by atoms with Gasteiger partial charge in [0, 0.05) is 28.8 Å². The number of carboxylic acids is 2. The fourth-order valence-electron chi connectivity index (χ4n) is 3.57. The number of aliphatic carboxylic acids is 2. The molecular formula is C22H23N6O7S2+. The molecule has 2 amide bonds. The number of rotatable bonds is 9. The predicted octanol–water partition coefficient (Wildman–Crippen LogP) is 0.0355. The lowest BCUT2D eigenvalue weighted by molar-refractivity contribution is -0.689. The Kier molecular flexibility index (Phi) is 7.18. The highest BCUT2D eigenvalue weighted by molar-refractivity contribution is 8.00. The number of carbonyl (C=O) groups excluding carboxylic acids is 2. The highest BCUT2D eigenvalue weighted by atomic mass is 32.2. The smallest absolute Gasteiger partial charge is 0.352 e. The van der Waals surface area contributed by atoms with Gasteiger partial charge in [-0.1, -0.05) is 11.2 Å². The zero-order valence-electron chi connectivity index (χ0n) is 19.7. The number of β-lactam (4-membered cyclic amide) rings is 1. The lowest BCUT2D eigenvalue weighted by Gasteiger charge is -2.49. The van der Waals surface area contributed by atoms with E-state index in [1.165, 1.54) is 35.9 Å². The van der Waals surface area contributed by atoms with Crippen LogP contribution in [0.25, 0.3) is 0 Å². The van der Waals surface area contributed by atoms with E-state index in [0.29, 0.717) is 17.9 Å². The van der Waals surface area contributed by atoms with E-state index < -0.39 is 40.8 Å². The monoisotopic (exact) mass is 547 g/mol. The third-order valence-electron chi connectivity index (χ3n) is 5.55. The van der Waals surface area contributed by atoms with Crippen molar-refractivity contribution in [2.75, 3.05) is 11.5 Å². The van der Waals surface area contributed by atoms with E-state index in [9.17, 15) is 29.4 Å². The summed E-state index contributed by atoms with van der Waals surface area (Å²) in [6.45, 7) is 2.80. The summed E-state index contributed by atoms with van der Waals surface area (Å²) in [6.07, 6.45) is 3.59. The van der Waals surface area contributed by atoms with E-state index in [0.717, 1.165) is 11.3 Å². The van der Waals surface area contributed by atoms with Gasteiger partial charge in [-0.3, -0.25) is 14.5 Å². The number of carbonyl (C=O) groups is 4. The minimum atomic E-state index is -1.75. The minimum absolute atomic E-state index is 0.0365. The van der Waals surface area contributed by atoms with Crippen molar-refractivity contribution in [2.24, 2.45) is 5.16 Å². The largest absolute Gasteiger partial charge is 0.478 e. The quantitative estimate of drug-likeness (QED) is 0.144. The van der Waals surface area contributed by atoms with Crippen LogP contribution >= 0.6 is 23.1 Å². The van der Waals surface area contributed by atoms with Crippen molar-refractivity contribution in [3.63, 3.8) is 0 Å². The van der Waals surface area contributed by atoms with Gasteiger partial charge in [0.25, 0.3) is 11.8 Å². The molecule has 2 aromatic heterocycles. The zero-order chi connectivity index (χ0) is 26.9. The van der Waals surface area contributed by atoms with Gasteiger partial charge in [0.1, 0.15) is 22.8 Å². The van der Waals surface area contributed by atoms with Crippen molar-refractivity contribution in [3.8, 4) is 0 Å². The molecule has 2 atom stereocenters. The fraction of sp³-hybridized carbons (Fsp3) is 0.318. The highest BCUT2D eigenvalue weighted by Crippen LogP contribution is 2.40. The Bertz CT molecular complexity index is 1320. The molecule has 0 spiro atoms. The van der Waals surface area contributed by atoms with Crippen LogP contribution in [-0.2, 0) is 30.6 Å². The molecule has 0 saturated carbocycles. The molecule has 13 nitrogen and oxygen atoms in total. The Morgan fingerprint density at radius 3 is 2.59 bits per heavy atom. The number of amides is 2. The molecule has 1 saturated heterocycles. The lowest BCUT2D eigenvalue weighted by Crippen LogP contribution is -2.71. The number of aromatic nitrogens is 2. The summed E-state index contributed by atoms with van der Waals surface area (Å²) in [5.74, 6) is -3.66. The summed E-state index contributed by atoms with van der Waals surface area (Å²) in [5.41, 5.74) is 4.04. The highest BCUT2D eigenvalue weighted by Gasteiger charge is 2.54. The molecule has 0 bridgehead atoms. The molecule has 5 N–H and O–H groups in total. The van der Waals surface area contributed by atoms with Gasteiger partial charge in [-0.25, -0.2) is 19.1 Å². The second-order valence-corrected chi connectivity index (χ2v) is 10.6. The van der Waals surface area contributed by atoms with Crippen molar-refractivity contribution in [1.82, 2.24) is 15.2 Å². The normalized spacial score (nSPS) is 19.7. The van der Waals surface area contributed by atoms with E-state index in [4.69, 9.17) is 10.6 Å². The van der Waals surface area contributed by atoms with E-state index in [-0.39, 0.29) is 22.2 Å². The van der Waals surface area contributed by atoms with E-state index in [1.807, 2.05) is 22.8 Å². The standard InChI is InChI=1S/C22H22N6O7S2/c1-22(2,20(33)34)35-26-13(12-10-37-21(23)24-12)16(29)25-14-17(30)28-15(19(31)32)11(9-36-18(14)28)8-27-6-4-3-5-7-27/h3-7,10,14,18H,8-9H2,1-2H3,(H4-,23,24,25,29,31,32,33,34)/p+1/b26-13-/t14-,18+/m0/s1. The van der Waals surface area contributed by atoms with Gasteiger partial charge < -0.3 is 26.1 Å². The minimum Gasteiger partial charge on any atom is -0.478 e. The summed E-state index contributed by atoms with van der Waals surface area (Å²) in [4.78, 5) is 59.9. The summed E-state index contributed by atoms with van der Waals surface area (Å²) in [6, 6.07) is 4.44. The molecule has 2 aliphatic heterocycles. The third kappa shape index (κ3) is 5.27. The number of fused-ring (bicyclic) bond motifs is 1. The first kappa shape index (κ1) is 26.1. The first-order valence-corrected chi connectivity index (χ1v) is 12.8. The summed E-state index contributed by atoms with van der Waals surface area (Å²) >= 11 is 2.35. The van der Waals surface area contributed by atoms with Gasteiger partial charge in [0.2, 0.25) is 5.60 Å². The number of hydrogen-bond donors (Lipinski definition) is 4. The van der Waals surface area contributed by atoms with Crippen molar-refractivity contribution in [1.29, 1.82) is 0 Å². The van der Waals surface area contributed by atoms with Gasteiger partial charge in [-0.05, 0) is 13.8 Å². The molecule has 0 unspecified atom stereocenters. The number of oxime groups is 1. The van der Waals surface area contributed by atoms with Crippen LogP contribution in [0.1, 0.15) is 19.5 Å². The van der Waals surface area contributed by atoms with Crippen LogP contribution in [0, 0.1) is 0 Å². The number of pyridine rings is 1. The average molecular weight is 548 g/mol. The van der Waals surface area contributed by atoms with Gasteiger partial charge in [-0.15, -0.1) is 23.1 Å². The number of nitrogen functional groups attached to an aromatic ring is 1. The van der Waals surface area contributed by atoms with E-state index in [2.05, 4.69) is 15.5 Å². The number of hydrogen-bond acceptors (Lipinski definition) is 10. The van der Waals surface area contributed by atoms with Gasteiger partial charge in [-0.2, -0.15) is 0 Å². The van der Waals surface area contributed by atoms with Crippen LogP contribution in [0.5, 0.6) is 0 Å². The first-order chi connectivity index (χ1) is 17.5. The molecule has 4 rings (SSSR count). The SMILES string of the molecule is CC(C)(O/N=C(\C(=O)N[C@H]1C(=O)N2C(C(=O)O)=C(C[n+]3ccccc3)CS[C@H]12)c1csc(N)n1)C(=O)O. The molecule has 0 aliphatic carbocycles. The van der Waals surface area contributed by atoms with Crippen molar-refractivity contribution in [3.05, 3.63) is 52.9 Å². The first-order valence-electron chi connectivity index (χ1n) is 10.9. The predicted molar refractivity (Wildman–Crippen MR) is 132 cm³/mol. The second kappa shape index (κ2) is 10.2. The molecule has 15 heteroatoms. The van der Waals surface area contributed by atoms with Crippen LogP contribution < -0.4 is 15.6 Å². The van der Waals surface area contributed by atoms with Crippen molar-refractivity contribution in [2.45, 2.75) is 37.4 Å². The Hall–Kier alpha value is -3.98. The van der Waals surface area contributed by atoms with E-state index >= 15 is 0 Å². The molecule has 0 aromatic carbocycles. The molecular weight excluding hydrogens is 524 g/mol. The Morgan fingerprint density at radius 2 is 2.00 bits per heavy atom. The van der Waals surface area contributed by atoms with Crippen LogP contribution in [0.4, 0.5) is 5.13 Å². The van der Waals surface area contributed by atoms with Crippen LogP contribution in [-0.4, -0.2) is 72.3 Å². The topological polar surface area (TPSA) is 188 Å². The Morgan fingerprint density at radius 1 is 1.30 bits per heavy atom. The van der Waals surface area contributed by atoms with E-state index in [1.54, 1.807) is 12.4 Å². The number of nitrogens with two attached hydrogens (primary N) is 1. The fourth-order valence-corrected chi connectivity index (χ4v) is 5.46. The zero-order valence-corrected chi connectivity index (χ0v) is 21.3. The average Bonchev–Trinajstić information content (AvgIpc) is 3.28. The van der Waals surface area contributed by atoms with Crippen LogP contribution in [0.2, 0.25) is 0 Å². The second-order valence-electron chi connectivity index (χ2n) is 8.58. The van der Waals surface area contributed by atoms with Gasteiger partial charge in [0.15, 0.2) is 29.8 Å². The summed E-state index contributed by atoms with van der Waals surface area (Å²) in [5, 5.41) is 26.3. The summed E-state index contributed by atoms with van der Waals surface area (Å²) < 4.78 is 1.81. The molecule has 194 valence electrons. The lowest BCUT2D eigenvalue weighted by atomic mass is 10.0. The maximum atomic E-state index is 13.1. The summed E-state index contributed by atoms with van der Waals surface area (Å²) in [7, 11) is 0. The Balaban J connectivity index is 1.55. The van der Waals surface area contributed by atoms with Crippen LogP contribution in [0.3, 0.4) is 0 Å². The molecule has 4 heterocycles. The molecule has 2 aromatic rings. The molecule has 37 heavy (non-hydrogen) atoms. The Labute approximate surface area is 218 Å². The molecule has 1 fully saturated rings. The number of thioether (sulfide) groups is 1. The number of anilines is 1. The number of thiazole rings is 1. The van der Waals surface area contributed by atoms with Gasteiger partial charge >= 0.3 is 11.9 Å². The maximum absolute atomic E-state index is 13.1. The number of nitrogens with zero attached hydrogens (tertiary/aromatic N) is 4. The van der Waals surface area contributed by atoms with Gasteiger partial charge in [0.05, 0.1) is 0 Å². The van der Waals surface area contributed by atoms with Crippen molar-refractivity contribution < 1.29 is 38.8 Å². The molecule has 2 aliphatic rings. The number of nitrogens with one attached hydrogen (secondary N) is 1. The van der Waals surface area contributed by atoms with Crippen molar-refractivity contribution >= 4 is 57.7 Å². The number of carboxylic acid groups (broad SMARTS) is 2.